The van der Waals surface area contributed by atoms with E-state index < -0.39 is 0 Å². The third kappa shape index (κ3) is 2.48. The van der Waals surface area contributed by atoms with Gasteiger partial charge in [-0.1, -0.05) is 37.3 Å². The maximum absolute atomic E-state index is 10.9. The molecular formula is C14H14N2O2. The number of nitrogens with zero attached hydrogens (tertiary/aromatic N) is 1. The molecule has 0 aromatic heterocycles. The minimum atomic E-state index is -0.378. The zero-order chi connectivity index (χ0) is 13.0. The van der Waals surface area contributed by atoms with Gasteiger partial charge in [0.15, 0.2) is 0 Å². The van der Waals surface area contributed by atoms with Gasteiger partial charge >= 0.3 is 0 Å². The van der Waals surface area contributed by atoms with Crippen LogP contribution >= 0.6 is 0 Å². The second kappa shape index (κ2) is 5.31. The van der Waals surface area contributed by atoms with Gasteiger partial charge in [-0.25, -0.2) is 0 Å². The lowest BCUT2D eigenvalue weighted by Crippen LogP contribution is -1.98. The number of nitro groups is 1. The summed E-state index contributed by atoms with van der Waals surface area (Å²) < 4.78 is 0. The van der Waals surface area contributed by atoms with Crippen LogP contribution in [-0.2, 0) is 6.42 Å². The average Bonchev–Trinajstić information content (AvgIpc) is 2.40. The van der Waals surface area contributed by atoms with E-state index in [2.05, 4.69) is 12.2 Å². The Kier molecular flexibility index (Phi) is 3.57. The number of aryl methyl sites for hydroxylation is 1. The van der Waals surface area contributed by atoms with Gasteiger partial charge in [0.1, 0.15) is 5.69 Å². The molecule has 18 heavy (non-hydrogen) atoms. The molecule has 0 heterocycles. The molecule has 1 N–H and O–H groups in total. The third-order valence-corrected chi connectivity index (χ3v) is 2.77. The highest BCUT2D eigenvalue weighted by Crippen LogP contribution is 2.28. The second-order valence-corrected chi connectivity index (χ2v) is 3.91. The molecule has 0 atom stereocenters. The van der Waals surface area contributed by atoms with Crippen LogP contribution in [0.15, 0.2) is 48.5 Å². The topological polar surface area (TPSA) is 55.2 Å². The van der Waals surface area contributed by atoms with Crippen molar-refractivity contribution in [2.75, 3.05) is 5.32 Å². The van der Waals surface area contributed by atoms with Crippen LogP contribution in [0.25, 0.3) is 0 Å². The molecule has 0 fully saturated rings. The summed E-state index contributed by atoms with van der Waals surface area (Å²) in [4.78, 5) is 10.6. The Labute approximate surface area is 105 Å². The average molecular weight is 242 g/mol. The van der Waals surface area contributed by atoms with E-state index in [0.29, 0.717) is 5.69 Å². The van der Waals surface area contributed by atoms with Crippen molar-refractivity contribution in [3.63, 3.8) is 0 Å². The number of anilines is 2. The molecule has 0 amide bonds. The number of nitrogens with one attached hydrogen (secondary N) is 1. The van der Waals surface area contributed by atoms with E-state index >= 15 is 0 Å². The van der Waals surface area contributed by atoms with Crippen molar-refractivity contribution in [2.45, 2.75) is 13.3 Å². The predicted molar refractivity (Wildman–Crippen MR) is 72.2 cm³/mol. The summed E-state index contributed by atoms with van der Waals surface area (Å²) in [5.41, 5.74) is 2.65. The maximum Gasteiger partial charge on any atom is 0.292 e. The van der Waals surface area contributed by atoms with Crippen LogP contribution in [0.3, 0.4) is 0 Å². The van der Waals surface area contributed by atoms with Crippen LogP contribution in [0.2, 0.25) is 0 Å². The van der Waals surface area contributed by atoms with Gasteiger partial charge in [0.25, 0.3) is 5.69 Å². The van der Waals surface area contributed by atoms with Crippen LogP contribution in [0.5, 0.6) is 0 Å². The molecule has 2 aromatic carbocycles. The van der Waals surface area contributed by atoms with Crippen LogP contribution < -0.4 is 5.32 Å². The molecule has 0 saturated heterocycles. The Hall–Kier alpha value is -2.36. The predicted octanol–water partition coefficient (Wildman–Crippen LogP) is 3.90. The fraction of sp³-hybridized carbons (Fsp3) is 0.143. The third-order valence-electron chi connectivity index (χ3n) is 2.77. The summed E-state index contributed by atoms with van der Waals surface area (Å²) >= 11 is 0. The molecule has 0 saturated carbocycles. The first kappa shape index (κ1) is 12.1. The SMILES string of the molecule is CCc1ccccc1Nc1ccccc1[N+](=O)[O-]. The van der Waals surface area contributed by atoms with Crippen LogP contribution in [0.1, 0.15) is 12.5 Å². The van der Waals surface area contributed by atoms with Gasteiger partial charge in [-0.3, -0.25) is 10.1 Å². The van der Waals surface area contributed by atoms with E-state index in [4.69, 9.17) is 0 Å². The number of hydrogen-bond donors (Lipinski definition) is 1. The lowest BCUT2D eigenvalue weighted by Gasteiger charge is -2.10. The van der Waals surface area contributed by atoms with Gasteiger partial charge in [0.05, 0.1) is 4.92 Å². The molecule has 2 rings (SSSR count). The van der Waals surface area contributed by atoms with Gasteiger partial charge in [0, 0.05) is 11.8 Å². The largest absolute Gasteiger partial charge is 0.350 e. The van der Waals surface area contributed by atoms with E-state index in [1.165, 1.54) is 6.07 Å². The highest BCUT2D eigenvalue weighted by molar-refractivity contribution is 5.71. The van der Waals surface area contributed by atoms with Gasteiger partial charge in [-0.15, -0.1) is 0 Å². The van der Waals surface area contributed by atoms with Crippen LogP contribution in [-0.4, -0.2) is 4.92 Å². The smallest absolute Gasteiger partial charge is 0.292 e. The van der Waals surface area contributed by atoms with Gasteiger partial charge in [0.2, 0.25) is 0 Å². The summed E-state index contributed by atoms with van der Waals surface area (Å²) in [7, 11) is 0. The summed E-state index contributed by atoms with van der Waals surface area (Å²) in [6.45, 7) is 2.06. The second-order valence-electron chi connectivity index (χ2n) is 3.91. The van der Waals surface area contributed by atoms with Crippen molar-refractivity contribution in [3.8, 4) is 0 Å². The minimum absolute atomic E-state index is 0.0865. The first-order chi connectivity index (χ1) is 8.72. The van der Waals surface area contributed by atoms with Gasteiger partial charge < -0.3 is 5.32 Å². The fourth-order valence-corrected chi connectivity index (χ4v) is 1.83. The Morgan fingerprint density at radius 3 is 2.33 bits per heavy atom. The van der Waals surface area contributed by atoms with Crippen molar-refractivity contribution in [3.05, 3.63) is 64.2 Å². The number of rotatable bonds is 4. The quantitative estimate of drug-likeness (QED) is 0.653. The van der Waals surface area contributed by atoms with E-state index in [-0.39, 0.29) is 10.6 Å². The zero-order valence-corrected chi connectivity index (χ0v) is 10.1. The molecular weight excluding hydrogens is 228 g/mol. The van der Waals surface area contributed by atoms with Crippen molar-refractivity contribution < 1.29 is 4.92 Å². The Balaban J connectivity index is 2.37. The zero-order valence-electron chi connectivity index (χ0n) is 10.1. The number of nitro benzene ring substituents is 1. The van der Waals surface area contributed by atoms with Crippen LogP contribution in [0, 0.1) is 10.1 Å². The fourth-order valence-electron chi connectivity index (χ4n) is 1.83. The minimum Gasteiger partial charge on any atom is -0.350 e. The first-order valence-corrected chi connectivity index (χ1v) is 5.80. The van der Waals surface area contributed by atoms with E-state index in [9.17, 15) is 10.1 Å². The maximum atomic E-state index is 10.9. The normalized spacial score (nSPS) is 10.1. The molecule has 0 unspecified atom stereocenters. The molecule has 4 nitrogen and oxygen atoms in total. The standard InChI is InChI=1S/C14H14N2O2/c1-2-11-7-3-4-8-12(11)15-13-9-5-6-10-14(13)16(17)18/h3-10,15H,2H2,1H3. The number of benzene rings is 2. The molecule has 0 aliphatic carbocycles. The highest BCUT2D eigenvalue weighted by Gasteiger charge is 2.12. The number of hydrogen-bond acceptors (Lipinski definition) is 3. The Bertz CT molecular complexity index is 567. The van der Waals surface area contributed by atoms with Crippen molar-refractivity contribution in [1.29, 1.82) is 0 Å². The Morgan fingerprint density at radius 2 is 1.67 bits per heavy atom. The number of para-hydroxylation sites is 3. The van der Waals surface area contributed by atoms with Crippen molar-refractivity contribution in [2.24, 2.45) is 0 Å². The van der Waals surface area contributed by atoms with E-state index in [0.717, 1.165) is 17.7 Å². The van der Waals surface area contributed by atoms with Crippen molar-refractivity contribution in [1.82, 2.24) is 0 Å². The molecule has 4 heteroatoms. The molecule has 0 aliphatic heterocycles. The first-order valence-electron chi connectivity index (χ1n) is 5.80. The molecule has 2 aromatic rings. The monoisotopic (exact) mass is 242 g/mol. The van der Waals surface area contributed by atoms with E-state index in [1.807, 2.05) is 24.3 Å². The molecule has 0 radical (unpaired) electrons. The van der Waals surface area contributed by atoms with Crippen LogP contribution in [0.4, 0.5) is 17.1 Å². The summed E-state index contributed by atoms with van der Waals surface area (Å²) in [5, 5.41) is 14.1. The lowest BCUT2D eigenvalue weighted by molar-refractivity contribution is -0.383. The van der Waals surface area contributed by atoms with Gasteiger partial charge in [-0.05, 0) is 24.1 Å². The highest BCUT2D eigenvalue weighted by atomic mass is 16.6. The summed E-state index contributed by atoms with van der Waals surface area (Å²) in [6, 6.07) is 14.5. The summed E-state index contributed by atoms with van der Waals surface area (Å²) in [6.07, 6.45) is 0.879. The summed E-state index contributed by atoms with van der Waals surface area (Å²) in [5.74, 6) is 0. The van der Waals surface area contributed by atoms with E-state index in [1.54, 1.807) is 18.2 Å². The molecule has 0 bridgehead atoms. The lowest BCUT2D eigenvalue weighted by atomic mass is 10.1. The molecule has 0 aliphatic rings. The molecule has 0 spiro atoms. The Morgan fingerprint density at radius 1 is 1.06 bits per heavy atom. The van der Waals surface area contributed by atoms with Crippen molar-refractivity contribution >= 4 is 17.1 Å². The molecule has 92 valence electrons. The van der Waals surface area contributed by atoms with Gasteiger partial charge in [-0.2, -0.15) is 0 Å².